The smallest absolute Gasteiger partial charge is 0.341 e. The van der Waals surface area contributed by atoms with E-state index >= 15 is 0 Å². The Morgan fingerprint density at radius 2 is 1.78 bits per heavy atom. The van der Waals surface area contributed by atoms with Gasteiger partial charge in [0.1, 0.15) is 29.4 Å². The highest BCUT2D eigenvalue weighted by Gasteiger charge is 2.14. The van der Waals surface area contributed by atoms with Gasteiger partial charge in [0.05, 0.1) is 25.8 Å². The predicted molar refractivity (Wildman–Crippen MR) is 89.4 cm³/mol. The summed E-state index contributed by atoms with van der Waals surface area (Å²) in [5.74, 6) is 1.29. The lowest BCUT2D eigenvalue weighted by Gasteiger charge is -2.12. The van der Waals surface area contributed by atoms with Crippen molar-refractivity contribution in [1.82, 2.24) is 0 Å². The van der Waals surface area contributed by atoms with Gasteiger partial charge in [-0.3, -0.25) is 0 Å². The van der Waals surface area contributed by atoms with Crippen molar-refractivity contribution in [3.8, 4) is 17.2 Å². The lowest BCUT2D eigenvalue weighted by Crippen LogP contribution is -2.06. The zero-order valence-corrected chi connectivity index (χ0v) is 14.7. The number of hydrogen-bond donors (Lipinski definition) is 0. The maximum Gasteiger partial charge on any atom is 0.341 e. The van der Waals surface area contributed by atoms with Gasteiger partial charge in [-0.15, -0.1) is 0 Å². The normalized spacial score (nSPS) is 10.1. The van der Waals surface area contributed by atoms with Crippen LogP contribution in [0.5, 0.6) is 17.2 Å². The fourth-order valence-electron chi connectivity index (χ4n) is 1.99. The molecule has 0 aliphatic rings. The largest absolute Gasteiger partial charge is 0.497 e. The molecule has 0 aromatic heterocycles. The summed E-state index contributed by atoms with van der Waals surface area (Å²) in [4.78, 5) is 11.8. The summed E-state index contributed by atoms with van der Waals surface area (Å²) < 4.78 is 21.7. The van der Waals surface area contributed by atoms with E-state index in [2.05, 4.69) is 15.9 Å². The van der Waals surface area contributed by atoms with Crippen LogP contribution >= 0.6 is 15.9 Å². The van der Waals surface area contributed by atoms with Gasteiger partial charge in [0.25, 0.3) is 0 Å². The number of rotatable bonds is 6. The van der Waals surface area contributed by atoms with Crippen molar-refractivity contribution >= 4 is 21.9 Å². The molecule has 0 saturated heterocycles. The van der Waals surface area contributed by atoms with Crippen LogP contribution in [0.25, 0.3) is 0 Å². The molecule has 2 aromatic carbocycles. The molecule has 0 saturated carbocycles. The summed E-state index contributed by atoms with van der Waals surface area (Å²) in [6.45, 7) is 0.291. The summed E-state index contributed by atoms with van der Waals surface area (Å²) in [5, 5.41) is 0. The molecule has 0 radical (unpaired) electrons. The number of halogens is 1. The third kappa shape index (κ3) is 4.16. The molecule has 23 heavy (non-hydrogen) atoms. The molecule has 0 fully saturated rings. The van der Waals surface area contributed by atoms with E-state index in [1.54, 1.807) is 32.4 Å². The Labute approximate surface area is 143 Å². The van der Waals surface area contributed by atoms with Gasteiger partial charge in [-0.05, 0) is 45.8 Å². The summed E-state index contributed by atoms with van der Waals surface area (Å²) in [6.07, 6.45) is 0. The Morgan fingerprint density at radius 1 is 1.00 bits per heavy atom. The second-order valence-corrected chi connectivity index (χ2v) is 5.47. The van der Waals surface area contributed by atoms with Gasteiger partial charge in [0, 0.05) is 6.07 Å². The molecule has 0 heterocycles. The fraction of sp³-hybridized carbons (Fsp3) is 0.235. The summed E-state index contributed by atoms with van der Waals surface area (Å²) >= 11 is 3.43. The van der Waals surface area contributed by atoms with Gasteiger partial charge in [0.2, 0.25) is 0 Å². The number of benzene rings is 2. The van der Waals surface area contributed by atoms with Crippen molar-refractivity contribution in [3.63, 3.8) is 0 Å². The van der Waals surface area contributed by atoms with E-state index in [-0.39, 0.29) is 0 Å². The molecule has 5 nitrogen and oxygen atoms in total. The highest BCUT2D eigenvalue weighted by molar-refractivity contribution is 9.10. The van der Waals surface area contributed by atoms with Crippen LogP contribution in [0, 0.1) is 0 Å². The summed E-state index contributed by atoms with van der Waals surface area (Å²) in [6, 6.07) is 10.6. The Kier molecular flexibility index (Phi) is 5.87. The van der Waals surface area contributed by atoms with Crippen molar-refractivity contribution in [1.29, 1.82) is 0 Å². The number of ether oxygens (including phenoxy) is 4. The minimum Gasteiger partial charge on any atom is -0.497 e. The summed E-state index contributed by atoms with van der Waals surface area (Å²) in [7, 11) is 4.49. The average Bonchev–Trinajstić information content (AvgIpc) is 2.59. The summed E-state index contributed by atoms with van der Waals surface area (Å²) in [5.41, 5.74) is 1.28. The molecule has 2 aromatic rings. The maximum atomic E-state index is 11.8. The molecular formula is C17H17BrO5. The molecular weight excluding hydrogens is 364 g/mol. The van der Waals surface area contributed by atoms with Crippen LogP contribution < -0.4 is 14.2 Å². The van der Waals surface area contributed by atoms with Crippen LogP contribution in [-0.4, -0.2) is 27.3 Å². The second kappa shape index (κ2) is 7.87. The average molecular weight is 381 g/mol. The Bertz CT molecular complexity index is 699. The Balaban J connectivity index is 2.21. The first-order valence-corrected chi connectivity index (χ1v) is 7.60. The van der Waals surface area contributed by atoms with E-state index in [0.717, 1.165) is 15.8 Å². The molecule has 0 amide bonds. The third-order valence-corrected chi connectivity index (χ3v) is 3.82. The van der Waals surface area contributed by atoms with Crippen LogP contribution in [0.4, 0.5) is 0 Å². The highest BCUT2D eigenvalue weighted by Crippen LogP contribution is 2.28. The van der Waals surface area contributed by atoms with Crippen LogP contribution in [-0.2, 0) is 11.3 Å². The number of hydrogen-bond acceptors (Lipinski definition) is 5. The number of carbonyl (C=O) groups excluding carboxylic acids is 1. The first-order valence-electron chi connectivity index (χ1n) is 6.80. The van der Waals surface area contributed by atoms with Crippen LogP contribution in [0.3, 0.4) is 0 Å². The number of methoxy groups -OCH3 is 3. The lowest BCUT2D eigenvalue weighted by molar-refractivity contribution is 0.0595. The van der Waals surface area contributed by atoms with E-state index in [1.807, 2.05) is 18.2 Å². The van der Waals surface area contributed by atoms with Gasteiger partial charge in [0.15, 0.2) is 0 Å². The Hall–Kier alpha value is -2.21. The van der Waals surface area contributed by atoms with Crippen LogP contribution in [0.15, 0.2) is 40.9 Å². The van der Waals surface area contributed by atoms with Crippen molar-refractivity contribution in [2.24, 2.45) is 0 Å². The van der Waals surface area contributed by atoms with Crippen molar-refractivity contribution < 1.29 is 23.7 Å². The van der Waals surface area contributed by atoms with Crippen molar-refractivity contribution in [2.45, 2.75) is 6.61 Å². The topological polar surface area (TPSA) is 54.0 Å². The molecule has 122 valence electrons. The molecule has 2 rings (SSSR count). The number of esters is 1. The van der Waals surface area contributed by atoms with E-state index in [0.29, 0.717) is 23.7 Å². The predicted octanol–water partition coefficient (Wildman–Crippen LogP) is 3.83. The molecule has 0 N–H and O–H groups in total. The zero-order valence-electron chi connectivity index (χ0n) is 13.1. The second-order valence-electron chi connectivity index (χ2n) is 4.61. The third-order valence-electron chi connectivity index (χ3n) is 3.20. The van der Waals surface area contributed by atoms with Gasteiger partial charge >= 0.3 is 5.97 Å². The monoisotopic (exact) mass is 380 g/mol. The quantitative estimate of drug-likeness (QED) is 0.712. The first kappa shape index (κ1) is 17.1. The minimum absolute atomic E-state index is 0.291. The van der Waals surface area contributed by atoms with Crippen molar-refractivity contribution in [3.05, 3.63) is 52.0 Å². The SMILES string of the molecule is COC(=O)c1ccc(OC)cc1OCc1ccc(OC)c(Br)c1. The van der Waals surface area contributed by atoms with E-state index in [1.165, 1.54) is 7.11 Å². The molecule has 0 aliphatic carbocycles. The van der Waals surface area contributed by atoms with Crippen LogP contribution in [0.1, 0.15) is 15.9 Å². The molecule has 0 unspecified atom stereocenters. The van der Waals surface area contributed by atoms with E-state index in [4.69, 9.17) is 18.9 Å². The number of carbonyl (C=O) groups is 1. The van der Waals surface area contributed by atoms with Gasteiger partial charge in [-0.2, -0.15) is 0 Å². The minimum atomic E-state index is -0.460. The van der Waals surface area contributed by atoms with Crippen molar-refractivity contribution in [2.75, 3.05) is 21.3 Å². The Morgan fingerprint density at radius 3 is 2.39 bits per heavy atom. The fourth-order valence-corrected chi connectivity index (χ4v) is 2.58. The molecule has 0 aliphatic heterocycles. The zero-order chi connectivity index (χ0) is 16.8. The molecule has 0 atom stereocenters. The van der Waals surface area contributed by atoms with E-state index < -0.39 is 5.97 Å². The first-order chi connectivity index (χ1) is 11.1. The van der Waals surface area contributed by atoms with E-state index in [9.17, 15) is 4.79 Å². The lowest BCUT2D eigenvalue weighted by atomic mass is 10.2. The standard InChI is InChI=1S/C17H17BrO5/c1-20-12-5-6-13(17(19)22-3)16(9-12)23-10-11-4-7-15(21-2)14(18)8-11/h4-9H,10H2,1-3H3. The highest BCUT2D eigenvalue weighted by atomic mass is 79.9. The van der Waals surface area contributed by atoms with Gasteiger partial charge in [-0.25, -0.2) is 4.79 Å². The van der Waals surface area contributed by atoms with Gasteiger partial charge < -0.3 is 18.9 Å². The van der Waals surface area contributed by atoms with Crippen LogP contribution in [0.2, 0.25) is 0 Å². The molecule has 6 heteroatoms. The molecule has 0 bridgehead atoms. The maximum absolute atomic E-state index is 11.8. The van der Waals surface area contributed by atoms with Gasteiger partial charge in [-0.1, -0.05) is 6.07 Å². The molecule has 0 spiro atoms.